The maximum atomic E-state index is 5.82. The van der Waals surface area contributed by atoms with Crippen LogP contribution in [-0.4, -0.2) is 29.4 Å². The molecule has 0 spiro atoms. The zero-order chi connectivity index (χ0) is 29.7. The van der Waals surface area contributed by atoms with Crippen LogP contribution in [0.2, 0.25) is 5.04 Å². The third kappa shape index (κ3) is 4.23. The van der Waals surface area contributed by atoms with Crippen LogP contribution in [0, 0.1) is 41.5 Å². The minimum Gasteiger partial charge on any atom is -0.496 e. The number of methoxy groups -OCH3 is 3. The monoisotopic (exact) mass is 554 g/mol. The van der Waals surface area contributed by atoms with E-state index in [-0.39, 0.29) is 5.04 Å². The van der Waals surface area contributed by atoms with Crippen molar-refractivity contribution < 1.29 is 14.2 Å². The molecule has 1 unspecified atom stereocenters. The Morgan fingerprint density at radius 1 is 0.500 bits per heavy atom. The first-order valence-corrected chi connectivity index (χ1v) is 16.1. The molecule has 0 aromatic heterocycles. The van der Waals surface area contributed by atoms with Gasteiger partial charge in [-0.25, -0.2) is 0 Å². The second kappa shape index (κ2) is 10.6. The number of aryl methyl sites for hydroxylation is 6. The number of rotatable bonds is 7. The van der Waals surface area contributed by atoms with Crippen LogP contribution in [0.25, 0.3) is 0 Å². The van der Waals surface area contributed by atoms with Gasteiger partial charge in [0.05, 0.1) is 21.3 Å². The molecule has 4 heteroatoms. The van der Waals surface area contributed by atoms with Gasteiger partial charge >= 0.3 is 0 Å². The van der Waals surface area contributed by atoms with E-state index in [2.05, 4.69) is 112 Å². The fraction of sp³-hybridized carbons (Fsp3) is 0.389. The summed E-state index contributed by atoms with van der Waals surface area (Å²) in [5.74, 6) is 2.79. The Hall–Kier alpha value is -3.24. The number of allylic oxidation sites excluding steroid dienone is 4. The molecule has 0 radical (unpaired) electrons. The summed E-state index contributed by atoms with van der Waals surface area (Å²) in [7, 11) is 2.40. The van der Waals surface area contributed by atoms with Crippen molar-refractivity contribution in [1.29, 1.82) is 0 Å². The van der Waals surface area contributed by atoms with Crippen molar-refractivity contribution in [2.24, 2.45) is 0 Å². The summed E-state index contributed by atoms with van der Waals surface area (Å²) in [5.41, 5.74) is 11.5. The first-order valence-electron chi connectivity index (χ1n) is 14.1. The molecule has 212 valence electrons. The molecule has 4 rings (SSSR count). The van der Waals surface area contributed by atoms with Gasteiger partial charge in [-0.15, -0.1) is 0 Å². The average Bonchev–Trinajstić information content (AvgIpc) is 3.12. The maximum Gasteiger partial charge on any atom is 0.162 e. The number of benzene rings is 3. The van der Waals surface area contributed by atoms with E-state index in [9.17, 15) is 0 Å². The van der Waals surface area contributed by atoms with Crippen molar-refractivity contribution in [2.45, 2.75) is 74.3 Å². The Kier molecular flexibility index (Phi) is 7.90. The normalized spacial score (nSPS) is 17.3. The van der Waals surface area contributed by atoms with Gasteiger partial charge in [-0.1, -0.05) is 42.3 Å². The van der Waals surface area contributed by atoms with Gasteiger partial charge in [0, 0.05) is 5.04 Å². The Labute approximate surface area is 242 Å². The van der Waals surface area contributed by atoms with Crippen molar-refractivity contribution >= 4 is 23.6 Å². The predicted molar refractivity (Wildman–Crippen MR) is 173 cm³/mol. The molecule has 1 aliphatic carbocycles. The van der Waals surface area contributed by atoms with Gasteiger partial charge in [-0.05, 0) is 135 Å². The van der Waals surface area contributed by atoms with Gasteiger partial charge in [0.1, 0.15) is 17.2 Å². The predicted octanol–water partition coefficient (Wildman–Crippen LogP) is 7.09. The molecule has 1 atom stereocenters. The van der Waals surface area contributed by atoms with Gasteiger partial charge in [0.25, 0.3) is 0 Å². The first kappa shape index (κ1) is 29.7. The maximum absolute atomic E-state index is 5.82. The highest BCUT2D eigenvalue weighted by molar-refractivity contribution is 7.14. The van der Waals surface area contributed by atoms with Gasteiger partial charge in [0.15, 0.2) is 8.07 Å². The van der Waals surface area contributed by atoms with E-state index >= 15 is 0 Å². The molecule has 1 aliphatic rings. The van der Waals surface area contributed by atoms with Crippen molar-refractivity contribution in [2.75, 3.05) is 21.3 Å². The van der Waals surface area contributed by atoms with Gasteiger partial charge in [0.2, 0.25) is 0 Å². The lowest BCUT2D eigenvalue weighted by molar-refractivity contribution is 0.411. The highest BCUT2D eigenvalue weighted by atomic mass is 28.3. The number of hydrogen-bond donors (Lipinski definition) is 0. The standard InChI is InChI=1S/C36H46O3Si/c1-21-17-33(24(4)14-30(21)37-11)40(36(10)20-27(7)28(8)29(36)9,34-18-22(2)31(38-12)15-25(34)5)35-19-23(3)32(39-13)16-26(35)6/h14-20H,1-13H3. The van der Waals surface area contributed by atoms with Crippen LogP contribution in [0.5, 0.6) is 17.2 Å². The quantitative estimate of drug-likeness (QED) is 0.231. The lowest BCUT2D eigenvalue weighted by atomic mass is 10.0. The minimum atomic E-state index is -2.90. The molecule has 0 N–H and O–H groups in total. The third-order valence-corrected chi connectivity index (χ3v) is 15.8. The highest BCUT2D eigenvalue weighted by Crippen LogP contribution is 2.54. The SMILES string of the molecule is COc1cc(C)c([Si](c2cc(C)c(OC)cc2C)(c2cc(C)c(OC)cc2C)C2(C)C=C(C)C(C)=C2C)cc1C. The summed E-state index contributed by atoms with van der Waals surface area (Å²) >= 11 is 0. The Morgan fingerprint density at radius 2 is 0.825 bits per heavy atom. The van der Waals surface area contributed by atoms with E-state index in [4.69, 9.17) is 14.2 Å². The fourth-order valence-corrected chi connectivity index (χ4v) is 14.3. The van der Waals surface area contributed by atoms with E-state index in [0.29, 0.717) is 0 Å². The van der Waals surface area contributed by atoms with E-state index in [1.54, 1.807) is 21.3 Å². The fourth-order valence-electron chi connectivity index (χ4n) is 7.24. The lowest BCUT2D eigenvalue weighted by Gasteiger charge is -2.49. The largest absolute Gasteiger partial charge is 0.496 e. The molecule has 3 aromatic carbocycles. The smallest absolute Gasteiger partial charge is 0.162 e. The number of ether oxygens (including phenoxy) is 3. The number of hydrogen-bond acceptors (Lipinski definition) is 3. The summed E-state index contributed by atoms with van der Waals surface area (Å²) < 4.78 is 17.5. The van der Waals surface area contributed by atoms with Crippen molar-refractivity contribution in [1.82, 2.24) is 0 Å². The van der Waals surface area contributed by atoms with Crippen molar-refractivity contribution in [3.8, 4) is 17.2 Å². The topological polar surface area (TPSA) is 27.7 Å². The molecule has 40 heavy (non-hydrogen) atoms. The van der Waals surface area contributed by atoms with Crippen LogP contribution in [0.4, 0.5) is 0 Å². The summed E-state index contributed by atoms with van der Waals surface area (Å²) in [6, 6.07) is 14.0. The van der Waals surface area contributed by atoms with E-state index in [1.807, 2.05) is 0 Å². The van der Waals surface area contributed by atoms with Crippen LogP contribution in [0.1, 0.15) is 61.1 Å². The molecule has 0 saturated heterocycles. The zero-order valence-electron chi connectivity index (χ0n) is 26.8. The van der Waals surface area contributed by atoms with Crippen LogP contribution in [0.3, 0.4) is 0 Å². The first-order chi connectivity index (χ1) is 18.8. The van der Waals surface area contributed by atoms with Gasteiger partial charge < -0.3 is 14.2 Å². The van der Waals surface area contributed by atoms with E-state index < -0.39 is 8.07 Å². The molecule has 0 amide bonds. The molecule has 0 fully saturated rings. The molecular weight excluding hydrogens is 508 g/mol. The van der Waals surface area contributed by atoms with Crippen LogP contribution < -0.4 is 29.8 Å². The Morgan fingerprint density at radius 3 is 1.07 bits per heavy atom. The van der Waals surface area contributed by atoms with Crippen LogP contribution in [0.15, 0.2) is 59.2 Å². The van der Waals surface area contributed by atoms with E-state index in [1.165, 1.54) is 49.0 Å². The van der Waals surface area contributed by atoms with Crippen molar-refractivity contribution in [3.05, 3.63) is 92.6 Å². The molecule has 0 bridgehead atoms. The minimum absolute atomic E-state index is 0.218. The highest BCUT2D eigenvalue weighted by Gasteiger charge is 2.58. The molecule has 0 aliphatic heterocycles. The summed E-state index contributed by atoms with van der Waals surface area (Å²) in [6.07, 6.45) is 2.57. The molecule has 3 nitrogen and oxygen atoms in total. The summed E-state index contributed by atoms with van der Waals surface area (Å²) in [4.78, 5) is 0. The second-order valence-corrected chi connectivity index (χ2v) is 16.1. The molecule has 0 saturated carbocycles. The Bertz CT molecular complexity index is 1410. The van der Waals surface area contributed by atoms with Crippen LogP contribution >= 0.6 is 0 Å². The van der Waals surface area contributed by atoms with Gasteiger partial charge in [-0.3, -0.25) is 0 Å². The second-order valence-electron chi connectivity index (χ2n) is 11.9. The molecular formula is C36H46O3Si. The third-order valence-electron chi connectivity index (χ3n) is 9.65. The van der Waals surface area contributed by atoms with E-state index in [0.717, 1.165) is 33.9 Å². The van der Waals surface area contributed by atoms with Gasteiger partial charge in [-0.2, -0.15) is 0 Å². The van der Waals surface area contributed by atoms with Crippen LogP contribution in [-0.2, 0) is 0 Å². The lowest BCUT2D eigenvalue weighted by Crippen LogP contribution is -2.74. The molecule has 3 aromatic rings. The summed E-state index contributed by atoms with van der Waals surface area (Å²) in [6.45, 7) is 22.7. The zero-order valence-corrected chi connectivity index (χ0v) is 27.8. The van der Waals surface area contributed by atoms with Crippen molar-refractivity contribution in [3.63, 3.8) is 0 Å². The Balaban J connectivity index is 2.37. The molecule has 0 heterocycles. The average molecular weight is 555 g/mol. The summed E-state index contributed by atoms with van der Waals surface area (Å²) in [5, 5.41) is 4.05.